The Morgan fingerprint density at radius 1 is 1.26 bits per heavy atom. The Labute approximate surface area is 162 Å². The first-order valence-corrected chi connectivity index (χ1v) is 9.82. The Bertz CT molecular complexity index is 748. The topological polar surface area (TPSA) is 84.9 Å². The molecule has 3 rings (SSSR count). The average molecular weight is 392 g/mol. The van der Waals surface area contributed by atoms with Crippen LogP contribution in [0.3, 0.4) is 0 Å². The highest BCUT2D eigenvalue weighted by atomic mass is 32.2. The molecule has 2 aliphatic heterocycles. The van der Waals surface area contributed by atoms with Gasteiger partial charge in [-0.2, -0.15) is 0 Å². The Hall–Kier alpha value is -2.22. The van der Waals surface area contributed by atoms with Gasteiger partial charge in [0.1, 0.15) is 11.6 Å². The van der Waals surface area contributed by atoms with E-state index in [1.54, 1.807) is 37.8 Å². The molecule has 3 unspecified atom stereocenters. The second kappa shape index (κ2) is 7.07. The fourth-order valence-corrected chi connectivity index (χ4v) is 4.97. The van der Waals surface area contributed by atoms with Crippen molar-refractivity contribution in [2.75, 3.05) is 12.9 Å². The van der Waals surface area contributed by atoms with Gasteiger partial charge in [-0.15, -0.1) is 11.8 Å². The highest BCUT2D eigenvalue weighted by Gasteiger charge is 2.59. The summed E-state index contributed by atoms with van der Waals surface area (Å²) in [5.41, 5.74) is -1.30. The van der Waals surface area contributed by atoms with E-state index in [0.717, 1.165) is 0 Å². The third kappa shape index (κ3) is 3.63. The summed E-state index contributed by atoms with van der Waals surface area (Å²) < 4.78 is 10.2. The number of amides is 2. The number of nitrogens with one attached hydrogen (secondary N) is 1. The fraction of sp³-hybridized carbons (Fsp3) is 0.526. The molecule has 27 heavy (non-hydrogen) atoms. The van der Waals surface area contributed by atoms with Gasteiger partial charge in [-0.25, -0.2) is 9.59 Å². The number of fused-ring (bicyclic) bond motifs is 1. The maximum Gasteiger partial charge on any atom is 0.408 e. The van der Waals surface area contributed by atoms with Crippen molar-refractivity contribution in [3.63, 3.8) is 0 Å². The lowest BCUT2D eigenvalue weighted by Gasteiger charge is -2.31. The maximum atomic E-state index is 13.5. The zero-order valence-electron chi connectivity index (χ0n) is 15.9. The minimum atomic E-state index is -1.27. The van der Waals surface area contributed by atoms with Gasteiger partial charge >= 0.3 is 12.1 Å². The Kier molecular flexibility index (Phi) is 5.12. The van der Waals surface area contributed by atoms with Gasteiger partial charge in [0, 0.05) is 12.2 Å². The third-order valence-electron chi connectivity index (χ3n) is 4.63. The molecular formula is C19H24N2O5S. The molecule has 2 fully saturated rings. The van der Waals surface area contributed by atoms with Crippen LogP contribution in [0.15, 0.2) is 30.3 Å². The lowest BCUT2D eigenvalue weighted by Crippen LogP contribution is -2.54. The standard InChI is InChI=1S/C19H24N2O5S/c1-18(2,3)26-17(24)20-19(12-8-6-5-7-9-12)10-14-21(16(19)23)13(11-27-14)15(22)25-4/h5-9,13-14H,10-11H2,1-4H3,(H,20,24). The molecule has 0 radical (unpaired) electrons. The van der Waals surface area contributed by atoms with Crippen molar-refractivity contribution in [2.24, 2.45) is 0 Å². The summed E-state index contributed by atoms with van der Waals surface area (Å²) in [5, 5.41) is 2.59. The van der Waals surface area contributed by atoms with Crippen LogP contribution >= 0.6 is 11.8 Å². The lowest BCUT2D eigenvalue weighted by atomic mass is 9.88. The maximum absolute atomic E-state index is 13.5. The largest absolute Gasteiger partial charge is 0.467 e. The summed E-state index contributed by atoms with van der Waals surface area (Å²) in [6.07, 6.45) is -0.312. The second-order valence-corrected chi connectivity index (χ2v) is 8.85. The lowest BCUT2D eigenvalue weighted by molar-refractivity contribution is -0.151. The first-order valence-electron chi connectivity index (χ1n) is 8.77. The summed E-state index contributed by atoms with van der Waals surface area (Å²) >= 11 is 1.52. The zero-order chi connectivity index (χ0) is 19.8. The van der Waals surface area contributed by atoms with E-state index in [2.05, 4.69) is 5.32 Å². The summed E-state index contributed by atoms with van der Waals surface area (Å²) in [6, 6.07) is 8.43. The van der Waals surface area contributed by atoms with Crippen LogP contribution in [0, 0.1) is 0 Å². The fourth-order valence-electron chi connectivity index (χ4n) is 3.50. The first-order chi connectivity index (χ1) is 12.7. The third-order valence-corrected chi connectivity index (χ3v) is 5.91. The zero-order valence-corrected chi connectivity index (χ0v) is 16.7. The predicted octanol–water partition coefficient (Wildman–Crippen LogP) is 2.25. The van der Waals surface area contributed by atoms with Crippen LogP contribution in [-0.4, -0.2) is 52.7 Å². The van der Waals surface area contributed by atoms with Gasteiger partial charge in [-0.05, 0) is 26.3 Å². The van der Waals surface area contributed by atoms with Gasteiger partial charge in [-0.3, -0.25) is 4.79 Å². The van der Waals surface area contributed by atoms with Crippen LogP contribution in [0.5, 0.6) is 0 Å². The minimum Gasteiger partial charge on any atom is -0.467 e. The Balaban J connectivity index is 1.96. The number of methoxy groups -OCH3 is 1. The van der Waals surface area contributed by atoms with E-state index >= 15 is 0 Å². The molecule has 146 valence electrons. The normalized spacial score (nSPS) is 27.3. The Morgan fingerprint density at radius 2 is 1.93 bits per heavy atom. The summed E-state index contributed by atoms with van der Waals surface area (Å²) in [7, 11) is 1.31. The van der Waals surface area contributed by atoms with Gasteiger partial charge in [0.15, 0.2) is 5.54 Å². The molecule has 0 aliphatic carbocycles. The summed E-state index contributed by atoms with van der Waals surface area (Å²) in [6.45, 7) is 5.29. The molecule has 0 spiro atoms. The van der Waals surface area contributed by atoms with E-state index in [4.69, 9.17) is 9.47 Å². The molecule has 1 aromatic carbocycles. The highest BCUT2D eigenvalue weighted by Crippen LogP contribution is 2.46. The van der Waals surface area contributed by atoms with E-state index in [1.807, 2.05) is 18.2 Å². The predicted molar refractivity (Wildman–Crippen MR) is 101 cm³/mol. The smallest absolute Gasteiger partial charge is 0.408 e. The van der Waals surface area contributed by atoms with Gasteiger partial charge in [-0.1, -0.05) is 30.3 Å². The minimum absolute atomic E-state index is 0.211. The quantitative estimate of drug-likeness (QED) is 0.795. The second-order valence-electron chi connectivity index (χ2n) is 7.64. The first kappa shape index (κ1) is 19.5. The molecule has 7 nitrogen and oxygen atoms in total. The molecule has 0 saturated carbocycles. The van der Waals surface area contributed by atoms with Crippen LogP contribution in [-0.2, 0) is 24.6 Å². The van der Waals surface area contributed by atoms with E-state index in [9.17, 15) is 14.4 Å². The van der Waals surface area contributed by atoms with Crippen molar-refractivity contribution >= 4 is 29.7 Å². The SMILES string of the molecule is COC(=O)C1CSC2CC(NC(=O)OC(C)(C)C)(c3ccccc3)C(=O)N21. The Morgan fingerprint density at radius 3 is 2.52 bits per heavy atom. The van der Waals surface area contributed by atoms with Crippen LogP contribution in [0.1, 0.15) is 32.8 Å². The number of esters is 1. The van der Waals surface area contributed by atoms with E-state index in [0.29, 0.717) is 17.7 Å². The van der Waals surface area contributed by atoms with Crippen LogP contribution in [0.4, 0.5) is 4.79 Å². The summed E-state index contributed by atoms with van der Waals surface area (Å²) in [4.78, 5) is 39.7. The molecule has 2 aliphatic rings. The molecule has 0 bridgehead atoms. The number of hydrogen-bond donors (Lipinski definition) is 1. The number of thioether (sulfide) groups is 1. The van der Waals surface area contributed by atoms with Crippen molar-refractivity contribution in [1.29, 1.82) is 0 Å². The number of nitrogens with zero attached hydrogens (tertiary/aromatic N) is 1. The van der Waals surface area contributed by atoms with Gasteiger partial charge < -0.3 is 19.7 Å². The van der Waals surface area contributed by atoms with E-state index in [1.165, 1.54) is 18.9 Å². The molecule has 3 atom stereocenters. The molecule has 8 heteroatoms. The van der Waals surface area contributed by atoms with Crippen molar-refractivity contribution in [1.82, 2.24) is 10.2 Å². The van der Waals surface area contributed by atoms with Crippen LogP contribution in [0.2, 0.25) is 0 Å². The van der Waals surface area contributed by atoms with Gasteiger partial charge in [0.25, 0.3) is 5.91 Å². The summed E-state index contributed by atoms with van der Waals surface area (Å²) in [5.74, 6) is -0.273. The molecule has 2 amide bonds. The number of benzene rings is 1. The van der Waals surface area contributed by atoms with E-state index in [-0.39, 0.29) is 11.3 Å². The van der Waals surface area contributed by atoms with Crippen molar-refractivity contribution in [2.45, 2.75) is 49.7 Å². The van der Waals surface area contributed by atoms with Gasteiger partial charge in [0.05, 0.1) is 12.5 Å². The molecule has 1 N–H and O–H groups in total. The monoisotopic (exact) mass is 392 g/mol. The molecule has 2 saturated heterocycles. The van der Waals surface area contributed by atoms with Crippen molar-refractivity contribution in [3.05, 3.63) is 35.9 Å². The number of hydrogen-bond acceptors (Lipinski definition) is 6. The molecule has 2 heterocycles. The molecule has 1 aromatic rings. The van der Waals surface area contributed by atoms with Crippen molar-refractivity contribution in [3.8, 4) is 0 Å². The molecule has 0 aromatic heterocycles. The number of alkyl carbamates (subject to hydrolysis) is 1. The van der Waals surface area contributed by atoms with Crippen molar-refractivity contribution < 1.29 is 23.9 Å². The number of rotatable bonds is 3. The number of carbonyl (C=O) groups is 3. The van der Waals surface area contributed by atoms with E-state index < -0.39 is 29.2 Å². The average Bonchev–Trinajstić information content (AvgIpc) is 3.12. The van der Waals surface area contributed by atoms with Crippen LogP contribution in [0.25, 0.3) is 0 Å². The van der Waals surface area contributed by atoms with Gasteiger partial charge in [0.2, 0.25) is 0 Å². The number of carbonyl (C=O) groups excluding carboxylic acids is 3. The molecular weight excluding hydrogens is 368 g/mol. The van der Waals surface area contributed by atoms with Crippen LogP contribution < -0.4 is 5.32 Å². The number of ether oxygens (including phenoxy) is 2. The highest BCUT2D eigenvalue weighted by molar-refractivity contribution is 8.00.